The smallest absolute Gasteiger partial charge is 0.157 e. The molecule has 0 radical (unpaired) electrons. The van der Waals surface area contributed by atoms with Crippen LogP contribution in [0.1, 0.15) is 18.1 Å². The average Bonchev–Trinajstić information content (AvgIpc) is 2.33. The number of aliphatic hydroxyl groups is 1. The third-order valence-electron chi connectivity index (χ3n) is 2.76. The molecule has 1 aliphatic carbocycles. The molecular formula is C13H14O3. The maximum atomic E-state index is 10.1. The summed E-state index contributed by atoms with van der Waals surface area (Å²) in [6.07, 6.45) is 7.89. The van der Waals surface area contributed by atoms with Gasteiger partial charge in [-0.3, -0.25) is 0 Å². The van der Waals surface area contributed by atoms with E-state index in [2.05, 4.69) is 0 Å². The number of phenols is 2. The zero-order valence-electron chi connectivity index (χ0n) is 8.74. The van der Waals surface area contributed by atoms with Crippen LogP contribution in [0.4, 0.5) is 0 Å². The van der Waals surface area contributed by atoms with Crippen LogP contribution in [0, 0.1) is 5.92 Å². The number of hydrogen-bond donors (Lipinski definition) is 3. The number of benzene rings is 1. The summed E-state index contributed by atoms with van der Waals surface area (Å²) in [5.74, 6) is -0.351. The molecule has 84 valence electrons. The van der Waals surface area contributed by atoms with Crippen LogP contribution in [0.3, 0.4) is 0 Å². The van der Waals surface area contributed by atoms with Gasteiger partial charge in [0, 0.05) is 5.92 Å². The van der Waals surface area contributed by atoms with Gasteiger partial charge in [0.2, 0.25) is 0 Å². The van der Waals surface area contributed by atoms with Gasteiger partial charge in [-0.2, -0.15) is 0 Å². The van der Waals surface area contributed by atoms with Gasteiger partial charge in [-0.25, -0.2) is 0 Å². The van der Waals surface area contributed by atoms with Gasteiger partial charge in [0.25, 0.3) is 0 Å². The van der Waals surface area contributed by atoms with E-state index in [1.807, 2.05) is 24.3 Å². The van der Waals surface area contributed by atoms with E-state index in [1.54, 1.807) is 6.07 Å². The Kier molecular flexibility index (Phi) is 2.97. The summed E-state index contributed by atoms with van der Waals surface area (Å²) in [5, 5.41) is 28.6. The Bertz CT molecular complexity index is 435. The van der Waals surface area contributed by atoms with Crippen LogP contribution < -0.4 is 0 Å². The third-order valence-corrected chi connectivity index (χ3v) is 2.76. The van der Waals surface area contributed by atoms with E-state index in [0.29, 0.717) is 5.56 Å². The van der Waals surface area contributed by atoms with Crippen LogP contribution in [-0.4, -0.2) is 15.3 Å². The summed E-state index contributed by atoms with van der Waals surface area (Å²) in [7, 11) is 0. The maximum Gasteiger partial charge on any atom is 0.157 e. The molecule has 1 aliphatic rings. The van der Waals surface area contributed by atoms with Gasteiger partial charge in [0.1, 0.15) is 0 Å². The molecule has 0 aromatic heterocycles. The van der Waals surface area contributed by atoms with Crippen molar-refractivity contribution >= 4 is 0 Å². The van der Waals surface area contributed by atoms with Gasteiger partial charge >= 0.3 is 0 Å². The summed E-state index contributed by atoms with van der Waals surface area (Å²) in [4.78, 5) is 0. The molecule has 2 unspecified atom stereocenters. The van der Waals surface area contributed by atoms with Gasteiger partial charge in [-0.05, 0) is 24.1 Å². The number of phenolic OH excluding ortho intramolecular Hbond substituents is 2. The molecule has 2 atom stereocenters. The Labute approximate surface area is 94.0 Å². The average molecular weight is 218 g/mol. The van der Waals surface area contributed by atoms with Crippen molar-refractivity contribution < 1.29 is 15.3 Å². The van der Waals surface area contributed by atoms with Gasteiger partial charge in [-0.15, -0.1) is 0 Å². The molecule has 1 aromatic carbocycles. The Balaban J connectivity index is 2.20. The van der Waals surface area contributed by atoms with Crippen LogP contribution >= 0.6 is 0 Å². The summed E-state index contributed by atoms with van der Waals surface area (Å²) in [6, 6.07) is 4.40. The second-order valence-corrected chi connectivity index (χ2v) is 3.91. The maximum absolute atomic E-state index is 10.1. The molecule has 16 heavy (non-hydrogen) atoms. The molecule has 0 spiro atoms. The molecule has 0 saturated carbocycles. The highest BCUT2D eigenvalue weighted by atomic mass is 16.3. The van der Waals surface area contributed by atoms with Crippen molar-refractivity contribution in [1.82, 2.24) is 0 Å². The summed E-state index contributed by atoms with van der Waals surface area (Å²) in [6.45, 7) is 0. The highest BCUT2D eigenvalue weighted by Crippen LogP contribution is 2.33. The van der Waals surface area contributed by atoms with Gasteiger partial charge in [0.05, 0.1) is 6.10 Å². The van der Waals surface area contributed by atoms with Crippen molar-refractivity contribution in [3.05, 3.63) is 48.1 Å². The number of aromatic hydroxyl groups is 2. The summed E-state index contributed by atoms with van der Waals surface area (Å²) < 4.78 is 0. The van der Waals surface area contributed by atoms with Crippen molar-refractivity contribution in [2.24, 2.45) is 5.92 Å². The predicted molar refractivity (Wildman–Crippen MR) is 61.1 cm³/mol. The van der Waals surface area contributed by atoms with Crippen molar-refractivity contribution in [1.29, 1.82) is 0 Å². The lowest BCUT2D eigenvalue weighted by atomic mass is 9.90. The minimum atomic E-state index is -0.660. The van der Waals surface area contributed by atoms with E-state index in [0.717, 1.165) is 6.42 Å². The van der Waals surface area contributed by atoms with E-state index in [9.17, 15) is 15.3 Å². The molecule has 3 N–H and O–H groups in total. The molecular weight excluding hydrogens is 204 g/mol. The van der Waals surface area contributed by atoms with Crippen molar-refractivity contribution in [3.63, 3.8) is 0 Å². The van der Waals surface area contributed by atoms with E-state index < -0.39 is 6.10 Å². The lowest BCUT2D eigenvalue weighted by Gasteiger charge is -2.20. The number of rotatable bonds is 2. The highest BCUT2D eigenvalue weighted by molar-refractivity contribution is 5.41. The van der Waals surface area contributed by atoms with E-state index in [4.69, 9.17) is 0 Å². The Morgan fingerprint density at radius 3 is 2.56 bits per heavy atom. The topological polar surface area (TPSA) is 60.7 Å². The minimum absolute atomic E-state index is 0.0222. The van der Waals surface area contributed by atoms with Crippen molar-refractivity contribution in [3.8, 4) is 11.5 Å². The zero-order valence-corrected chi connectivity index (χ0v) is 8.74. The number of aliphatic hydroxyl groups excluding tert-OH is 1. The second-order valence-electron chi connectivity index (χ2n) is 3.91. The zero-order chi connectivity index (χ0) is 11.5. The number of hydrogen-bond acceptors (Lipinski definition) is 3. The fourth-order valence-electron chi connectivity index (χ4n) is 1.81. The normalized spacial score (nSPS) is 20.9. The fourth-order valence-corrected chi connectivity index (χ4v) is 1.81. The molecule has 0 amide bonds. The van der Waals surface area contributed by atoms with Crippen LogP contribution in [0.25, 0.3) is 0 Å². The molecule has 3 heteroatoms. The molecule has 3 nitrogen and oxygen atoms in total. The quantitative estimate of drug-likeness (QED) is 0.667. The van der Waals surface area contributed by atoms with E-state index in [-0.39, 0.29) is 17.4 Å². The third kappa shape index (κ3) is 2.09. The fraction of sp³-hybridized carbons (Fsp3) is 0.231. The molecule has 0 heterocycles. The SMILES string of the molecule is Oc1ccc(C(O)C2C=CC=CC2)cc1O. The molecule has 0 bridgehead atoms. The van der Waals surface area contributed by atoms with E-state index in [1.165, 1.54) is 12.1 Å². The molecule has 2 rings (SSSR count). The first-order valence-electron chi connectivity index (χ1n) is 5.22. The minimum Gasteiger partial charge on any atom is -0.504 e. The monoisotopic (exact) mass is 218 g/mol. The highest BCUT2D eigenvalue weighted by Gasteiger charge is 2.19. The van der Waals surface area contributed by atoms with Crippen LogP contribution in [0.2, 0.25) is 0 Å². The molecule has 1 aromatic rings. The first-order chi connectivity index (χ1) is 7.68. The van der Waals surface area contributed by atoms with Crippen molar-refractivity contribution in [2.75, 3.05) is 0 Å². The second kappa shape index (κ2) is 4.41. The van der Waals surface area contributed by atoms with Crippen LogP contribution in [-0.2, 0) is 0 Å². The standard InChI is InChI=1S/C13H14O3/c14-11-7-6-10(8-12(11)15)13(16)9-4-2-1-3-5-9/h1-4,6-9,13-16H,5H2. The summed E-state index contributed by atoms with van der Waals surface area (Å²) >= 11 is 0. The largest absolute Gasteiger partial charge is 0.504 e. The number of allylic oxidation sites excluding steroid dienone is 3. The van der Waals surface area contributed by atoms with Crippen molar-refractivity contribution in [2.45, 2.75) is 12.5 Å². The molecule has 0 fully saturated rings. The van der Waals surface area contributed by atoms with E-state index >= 15 is 0 Å². The Morgan fingerprint density at radius 2 is 1.94 bits per heavy atom. The Hall–Kier alpha value is -1.74. The summed E-state index contributed by atoms with van der Waals surface area (Å²) in [5.41, 5.74) is 0.611. The van der Waals surface area contributed by atoms with Gasteiger partial charge < -0.3 is 15.3 Å². The predicted octanol–water partition coefficient (Wildman–Crippen LogP) is 2.26. The lowest BCUT2D eigenvalue weighted by Crippen LogP contribution is -2.10. The first kappa shape index (κ1) is 10.8. The Morgan fingerprint density at radius 1 is 1.12 bits per heavy atom. The van der Waals surface area contributed by atoms with Gasteiger partial charge in [-0.1, -0.05) is 30.4 Å². The molecule has 0 saturated heterocycles. The molecule has 0 aliphatic heterocycles. The first-order valence-corrected chi connectivity index (χ1v) is 5.22. The lowest BCUT2D eigenvalue weighted by molar-refractivity contribution is 0.131. The van der Waals surface area contributed by atoms with Crippen LogP contribution in [0.5, 0.6) is 11.5 Å². The van der Waals surface area contributed by atoms with Crippen LogP contribution in [0.15, 0.2) is 42.5 Å². The van der Waals surface area contributed by atoms with Gasteiger partial charge in [0.15, 0.2) is 11.5 Å².